The Morgan fingerprint density at radius 1 is 1.55 bits per heavy atom. The molecule has 20 heavy (non-hydrogen) atoms. The van der Waals surface area contributed by atoms with Crippen molar-refractivity contribution in [2.75, 3.05) is 19.5 Å². The molecule has 3 atom stereocenters. The molecule has 108 valence electrons. The van der Waals surface area contributed by atoms with Crippen molar-refractivity contribution in [3.63, 3.8) is 0 Å². The summed E-state index contributed by atoms with van der Waals surface area (Å²) in [5.74, 6) is 0.456. The van der Waals surface area contributed by atoms with Crippen LogP contribution in [0.3, 0.4) is 0 Å². The highest BCUT2D eigenvalue weighted by Crippen LogP contribution is 2.33. The number of hydrogen-bond donors (Lipinski definition) is 3. The minimum absolute atomic E-state index is 0.0838. The molecule has 2 aromatic rings. The molecule has 0 aromatic carbocycles. The van der Waals surface area contributed by atoms with E-state index in [-0.39, 0.29) is 18.7 Å². The minimum atomic E-state index is -0.718. The number of fused-ring (bicyclic) bond motifs is 1. The van der Waals surface area contributed by atoms with Crippen molar-refractivity contribution in [1.29, 1.82) is 0 Å². The van der Waals surface area contributed by atoms with Crippen LogP contribution in [0.5, 0.6) is 5.88 Å². The molecule has 0 bridgehead atoms. The van der Waals surface area contributed by atoms with Gasteiger partial charge in [0.15, 0.2) is 11.9 Å². The Hall–Kier alpha value is -1.90. The Morgan fingerprint density at radius 2 is 2.35 bits per heavy atom. The number of nitrogens with two attached hydrogens (primary N) is 1. The maximum atomic E-state index is 10.1. The number of methoxy groups -OCH3 is 1. The van der Waals surface area contributed by atoms with Crippen LogP contribution in [0, 0.1) is 0 Å². The Balaban J connectivity index is 2.07. The lowest BCUT2D eigenvalue weighted by Crippen LogP contribution is -2.19. The Morgan fingerprint density at radius 3 is 3.00 bits per heavy atom. The van der Waals surface area contributed by atoms with E-state index < -0.39 is 12.3 Å². The molecule has 0 amide bonds. The zero-order chi connectivity index (χ0) is 14.3. The van der Waals surface area contributed by atoms with Crippen LogP contribution in [-0.2, 0) is 4.74 Å². The monoisotopic (exact) mass is 280 g/mol. The second-order valence-corrected chi connectivity index (χ2v) is 4.69. The second-order valence-electron chi connectivity index (χ2n) is 4.69. The van der Waals surface area contributed by atoms with E-state index in [1.807, 2.05) is 0 Å². The molecule has 1 saturated heterocycles. The van der Waals surface area contributed by atoms with Crippen LogP contribution in [0.4, 0.5) is 5.95 Å². The van der Waals surface area contributed by atoms with E-state index in [0.29, 0.717) is 23.3 Å². The van der Waals surface area contributed by atoms with Crippen molar-refractivity contribution in [3.05, 3.63) is 12.3 Å². The van der Waals surface area contributed by atoms with Crippen LogP contribution in [0.1, 0.15) is 12.6 Å². The molecule has 3 rings (SSSR count). The van der Waals surface area contributed by atoms with Crippen LogP contribution in [-0.4, -0.2) is 50.7 Å². The number of anilines is 1. The first-order valence-corrected chi connectivity index (χ1v) is 6.26. The van der Waals surface area contributed by atoms with E-state index in [4.69, 9.17) is 20.3 Å². The first kappa shape index (κ1) is 13.1. The number of aromatic nitrogens is 3. The number of aliphatic hydroxyl groups excluding tert-OH is 2. The Kier molecular flexibility index (Phi) is 3.20. The van der Waals surface area contributed by atoms with Crippen molar-refractivity contribution in [1.82, 2.24) is 14.5 Å². The second kappa shape index (κ2) is 4.89. The van der Waals surface area contributed by atoms with Gasteiger partial charge in [0.25, 0.3) is 0 Å². The summed E-state index contributed by atoms with van der Waals surface area (Å²) in [6.07, 6.45) is 0.398. The van der Waals surface area contributed by atoms with Gasteiger partial charge in [0.2, 0.25) is 11.8 Å². The van der Waals surface area contributed by atoms with E-state index in [1.54, 1.807) is 16.8 Å². The summed E-state index contributed by atoms with van der Waals surface area (Å²) in [6.45, 7) is -0.132. The first-order valence-electron chi connectivity index (χ1n) is 6.26. The van der Waals surface area contributed by atoms with Gasteiger partial charge in [-0.3, -0.25) is 0 Å². The normalized spacial score (nSPS) is 26.2. The number of rotatable bonds is 3. The van der Waals surface area contributed by atoms with E-state index in [0.717, 1.165) is 0 Å². The first-order chi connectivity index (χ1) is 9.63. The van der Waals surface area contributed by atoms with Gasteiger partial charge in [-0.15, -0.1) is 0 Å². The molecule has 8 heteroatoms. The minimum Gasteiger partial charge on any atom is -0.480 e. The highest BCUT2D eigenvalue weighted by atomic mass is 16.5. The summed E-state index contributed by atoms with van der Waals surface area (Å²) in [6, 6.07) is 1.77. The number of nitrogen functional groups attached to an aromatic ring is 1. The number of hydrogen-bond acceptors (Lipinski definition) is 7. The zero-order valence-corrected chi connectivity index (χ0v) is 10.9. The highest BCUT2D eigenvalue weighted by Gasteiger charge is 2.35. The molecule has 0 radical (unpaired) electrons. The van der Waals surface area contributed by atoms with Crippen molar-refractivity contribution in [2.45, 2.75) is 24.9 Å². The number of nitrogens with zero attached hydrogens (tertiary/aromatic N) is 3. The zero-order valence-electron chi connectivity index (χ0n) is 10.9. The molecule has 4 N–H and O–H groups in total. The fraction of sp³-hybridized carbons (Fsp3) is 0.500. The molecule has 8 nitrogen and oxygen atoms in total. The van der Waals surface area contributed by atoms with Crippen LogP contribution in [0.15, 0.2) is 12.3 Å². The van der Waals surface area contributed by atoms with Crippen LogP contribution >= 0.6 is 0 Å². The van der Waals surface area contributed by atoms with Crippen molar-refractivity contribution in [2.24, 2.45) is 0 Å². The maximum Gasteiger partial charge on any atom is 0.227 e. The van der Waals surface area contributed by atoms with Gasteiger partial charge in [-0.1, -0.05) is 0 Å². The van der Waals surface area contributed by atoms with Gasteiger partial charge in [0, 0.05) is 12.6 Å². The summed E-state index contributed by atoms with van der Waals surface area (Å²) in [7, 11) is 1.50. The van der Waals surface area contributed by atoms with Gasteiger partial charge in [-0.2, -0.15) is 9.97 Å². The lowest BCUT2D eigenvalue weighted by atomic mass is 10.2. The molecule has 0 aliphatic carbocycles. The molecule has 2 aromatic heterocycles. The van der Waals surface area contributed by atoms with E-state index >= 15 is 0 Å². The van der Waals surface area contributed by atoms with Crippen LogP contribution in [0.2, 0.25) is 0 Å². The average Bonchev–Trinajstić information content (AvgIpc) is 3.00. The smallest absolute Gasteiger partial charge is 0.227 e. The molecule has 1 aliphatic rings. The lowest BCUT2D eigenvalue weighted by molar-refractivity contribution is -0.0484. The molecule has 1 fully saturated rings. The van der Waals surface area contributed by atoms with Crippen LogP contribution in [0.25, 0.3) is 11.0 Å². The van der Waals surface area contributed by atoms with Gasteiger partial charge >= 0.3 is 0 Å². The Labute approximate surface area is 114 Å². The van der Waals surface area contributed by atoms with Crippen molar-refractivity contribution < 1.29 is 19.7 Å². The fourth-order valence-corrected chi connectivity index (χ4v) is 2.48. The van der Waals surface area contributed by atoms with E-state index in [1.165, 1.54) is 7.11 Å². The van der Waals surface area contributed by atoms with Gasteiger partial charge in [-0.05, 0) is 6.07 Å². The third-order valence-corrected chi connectivity index (χ3v) is 3.39. The van der Waals surface area contributed by atoms with Gasteiger partial charge in [-0.25, -0.2) is 0 Å². The summed E-state index contributed by atoms with van der Waals surface area (Å²) < 4.78 is 12.5. The van der Waals surface area contributed by atoms with Gasteiger partial charge < -0.3 is 30.0 Å². The number of aliphatic hydroxyl groups is 2. The third-order valence-electron chi connectivity index (χ3n) is 3.39. The lowest BCUT2D eigenvalue weighted by Gasteiger charge is -2.17. The average molecular weight is 280 g/mol. The molecular formula is C12H16N4O4. The molecule has 3 heterocycles. The topological polar surface area (TPSA) is 116 Å². The largest absolute Gasteiger partial charge is 0.480 e. The third kappa shape index (κ3) is 1.98. The summed E-state index contributed by atoms with van der Waals surface area (Å²) in [5, 5.41) is 19.9. The fourth-order valence-electron chi connectivity index (χ4n) is 2.48. The molecular weight excluding hydrogens is 264 g/mol. The maximum absolute atomic E-state index is 10.1. The van der Waals surface area contributed by atoms with Crippen molar-refractivity contribution >= 4 is 17.0 Å². The SMILES string of the molecule is COc1nc(N)nc2c1ccn2C1O[C@H](CO)C[C@H]1O. The van der Waals surface area contributed by atoms with Crippen LogP contribution < -0.4 is 10.5 Å². The Bertz CT molecular complexity index is 629. The molecule has 0 saturated carbocycles. The molecule has 1 unspecified atom stereocenters. The van der Waals surface area contributed by atoms with E-state index in [9.17, 15) is 5.11 Å². The standard InChI is InChI=1S/C12H16N4O4/c1-19-10-7-2-3-16(9(7)14-12(13)15-10)11-8(18)4-6(5-17)20-11/h2-3,6,8,11,17-18H,4-5H2,1H3,(H2,13,14,15)/t6-,8+,11?/m0/s1. The molecule has 1 aliphatic heterocycles. The predicted octanol–water partition coefficient (Wildman–Crippen LogP) is -0.337. The summed E-state index contributed by atoms with van der Waals surface area (Å²) >= 11 is 0. The summed E-state index contributed by atoms with van der Waals surface area (Å²) in [4.78, 5) is 8.17. The van der Waals surface area contributed by atoms with Gasteiger partial charge in [0.1, 0.15) is 6.10 Å². The highest BCUT2D eigenvalue weighted by molar-refractivity contribution is 5.82. The number of ether oxygens (including phenoxy) is 2. The predicted molar refractivity (Wildman–Crippen MR) is 70.1 cm³/mol. The van der Waals surface area contributed by atoms with E-state index in [2.05, 4.69) is 9.97 Å². The summed E-state index contributed by atoms with van der Waals surface area (Å²) in [5.41, 5.74) is 6.18. The van der Waals surface area contributed by atoms with Crippen molar-refractivity contribution in [3.8, 4) is 5.88 Å². The van der Waals surface area contributed by atoms with Gasteiger partial charge in [0.05, 0.1) is 25.2 Å². The quantitative estimate of drug-likeness (QED) is 0.704. The molecule has 0 spiro atoms.